The summed E-state index contributed by atoms with van der Waals surface area (Å²) in [6.45, 7) is 3.59. The maximum absolute atomic E-state index is 12.5. The zero-order chi connectivity index (χ0) is 19.3. The zero-order valence-electron chi connectivity index (χ0n) is 14.9. The predicted octanol–water partition coefficient (Wildman–Crippen LogP) is 3.43. The second-order valence-electron chi connectivity index (χ2n) is 6.26. The van der Waals surface area contributed by atoms with Crippen molar-refractivity contribution in [3.63, 3.8) is 0 Å². The van der Waals surface area contributed by atoms with Gasteiger partial charge in [0, 0.05) is 6.26 Å². The first-order chi connectivity index (χ1) is 12.2. The maximum Gasteiger partial charge on any atom is 0.261 e. The van der Waals surface area contributed by atoms with Crippen molar-refractivity contribution in [2.45, 2.75) is 26.0 Å². The summed E-state index contributed by atoms with van der Waals surface area (Å²) in [5, 5.41) is 2.78. The molecule has 2 aromatic carbocycles. The van der Waals surface area contributed by atoms with E-state index in [9.17, 15) is 13.2 Å². The molecule has 0 saturated carbocycles. The van der Waals surface area contributed by atoms with Crippen LogP contribution in [-0.2, 0) is 14.6 Å². The van der Waals surface area contributed by atoms with Crippen molar-refractivity contribution < 1.29 is 17.9 Å². The van der Waals surface area contributed by atoms with Crippen LogP contribution in [0.3, 0.4) is 0 Å². The van der Waals surface area contributed by atoms with Crippen LogP contribution >= 0.6 is 15.9 Å². The highest BCUT2D eigenvalue weighted by Gasteiger charge is 2.23. The SMILES string of the molecule is Cc1ccc(O[C@@H](C)C(=O)N[C@@H](CS(C)(=O)=O)c2ccccc2)c(Br)c1. The Hall–Kier alpha value is -1.86. The number of benzene rings is 2. The third kappa shape index (κ3) is 6.14. The number of carbonyl (C=O) groups excluding carboxylic acids is 1. The third-order valence-electron chi connectivity index (χ3n) is 3.75. The van der Waals surface area contributed by atoms with Crippen LogP contribution in [0.1, 0.15) is 24.1 Å². The molecule has 0 aliphatic heterocycles. The number of sulfone groups is 1. The molecular formula is C19H22BrNO4S. The summed E-state index contributed by atoms with van der Waals surface area (Å²) in [5.41, 5.74) is 1.80. The molecule has 0 unspecified atom stereocenters. The Morgan fingerprint density at radius 2 is 1.85 bits per heavy atom. The highest BCUT2D eigenvalue weighted by Crippen LogP contribution is 2.27. The first kappa shape index (κ1) is 20.5. The highest BCUT2D eigenvalue weighted by molar-refractivity contribution is 9.10. The van der Waals surface area contributed by atoms with Gasteiger partial charge in [-0.3, -0.25) is 4.79 Å². The van der Waals surface area contributed by atoms with Crippen LogP contribution in [0.5, 0.6) is 5.75 Å². The molecule has 2 rings (SSSR count). The molecule has 0 aliphatic carbocycles. The number of hydrogen-bond acceptors (Lipinski definition) is 4. The molecule has 5 nitrogen and oxygen atoms in total. The van der Waals surface area contributed by atoms with Gasteiger partial charge in [-0.15, -0.1) is 0 Å². The van der Waals surface area contributed by atoms with Gasteiger partial charge in [-0.1, -0.05) is 36.4 Å². The Bertz CT molecular complexity index is 868. The minimum atomic E-state index is -3.28. The number of aryl methyl sites for hydroxylation is 1. The molecule has 2 atom stereocenters. The van der Waals surface area contributed by atoms with E-state index in [-0.39, 0.29) is 11.7 Å². The smallest absolute Gasteiger partial charge is 0.261 e. The second kappa shape index (κ2) is 8.68. The largest absolute Gasteiger partial charge is 0.480 e. The van der Waals surface area contributed by atoms with E-state index >= 15 is 0 Å². The summed E-state index contributed by atoms with van der Waals surface area (Å²) in [6, 6.07) is 14.0. The van der Waals surface area contributed by atoms with Crippen LogP contribution in [0.4, 0.5) is 0 Å². The van der Waals surface area contributed by atoms with E-state index in [2.05, 4.69) is 21.2 Å². The fourth-order valence-corrected chi connectivity index (χ4v) is 3.91. The summed E-state index contributed by atoms with van der Waals surface area (Å²) >= 11 is 3.42. The van der Waals surface area contributed by atoms with E-state index in [1.807, 2.05) is 25.1 Å². The predicted molar refractivity (Wildman–Crippen MR) is 106 cm³/mol. The lowest BCUT2D eigenvalue weighted by atomic mass is 10.1. The lowest BCUT2D eigenvalue weighted by Gasteiger charge is -2.22. The minimum absolute atomic E-state index is 0.177. The topological polar surface area (TPSA) is 72.5 Å². The molecule has 0 saturated heterocycles. The molecule has 0 aliphatic rings. The number of hydrogen-bond donors (Lipinski definition) is 1. The summed E-state index contributed by atoms with van der Waals surface area (Å²) < 4.78 is 30.0. The van der Waals surface area contributed by atoms with Gasteiger partial charge >= 0.3 is 0 Å². The van der Waals surface area contributed by atoms with Crippen molar-refractivity contribution in [1.29, 1.82) is 0 Å². The normalized spacial score (nSPS) is 13.7. The fraction of sp³-hybridized carbons (Fsp3) is 0.316. The molecule has 0 aromatic heterocycles. The van der Waals surface area contributed by atoms with Crippen LogP contribution in [0.15, 0.2) is 53.0 Å². The van der Waals surface area contributed by atoms with Crippen molar-refractivity contribution in [3.8, 4) is 5.75 Å². The van der Waals surface area contributed by atoms with Crippen LogP contribution < -0.4 is 10.1 Å². The summed E-state index contributed by atoms with van der Waals surface area (Å²) in [6.07, 6.45) is 0.373. The van der Waals surface area contributed by atoms with Crippen LogP contribution in [0, 0.1) is 6.92 Å². The van der Waals surface area contributed by atoms with E-state index in [1.54, 1.807) is 37.3 Å². The van der Waals surface area contributed by atoms with Gasteiger partial charge in [0.05, 0.1) is 16.3 Å². The molecule has 0 radical (unpaired) electrons. The zero-order valence-corrected chi connectivity index (χ0v) is 17.3. The van der Waals surface area contributed by atoms with Gasteiger partial charge < -0.3 is 10.1 Å². The summed E-state index contributed by atoms with van der Waals surface area (Å²) in [4.78, 5) is 12.5. The van der Waals surface area contributed by atoms with Gasteiger partial charge in [-0.05, 0) is 53.0 Å². The molecular weight excluding hydrogens is 418 g/mol. The fourth-order valence-electron chi connectivity index (χ4n) is 2.44. The van der Waals surface area contributed by atoms with Gasteiger partial charge in [0.2, 0.25) is 0 Å². The molecule has 26 heavy (non-hydrogen) atoms. The lowest BCUT2D eigenvalue weighted by Crippen LogP contribution is -2.40. The van der Waals surface area contributed by atoms with Gasteiger partial charge in [0.25, 0.3) is 5.91 Å². The Labute approximate surface area is 162 Å². The van der Waals surface area contributed by atoms with Crippen molar-refractivity contribution in [2.24, 2.45) is 0 Å². The number of rotatable bonds is 7. The van der Waals surface area contributed by atoms with Crippen molar-refractivity contribution in [2.75, 3.05) is 12.0 Å². The van der Waals surface area contributed by atoms with Crippen LogP contribution in [-0.4, -0.2) is 32.4 Å². The molecule has 0 heterocycles. The van der Waals surface area contributed by atoms with Crippen molar-refractivity contribution >= 4 is 31.7 Å². The van der Waals surface area contributed by atoms with Gasteiger partial charge in [-0.25, -0.2) is 8.42 Å². The standard InChI is InChI=1S/C19H22BrNO4S/c1-13-9-10-18(16(20)11-13)25-14(2)19(22)21-17(12-26(3,23)24)15-7-5-4-6-8-15/h4-11,14,17H,12H2,1-3H3,(H,21,22)/t14-,17-/m0/s1. The maximum atomic E-state index is 12.5. The van der Waals surface area contributed by atoms with E-state index in [4.69, 9.17) is 4.74 Å². The quantitative estimate of drug-likeness (QED) is 0.716. The molecule has 0 fully saturated rings. The minimum Gasteiger partial charge on any atom is -0.480 e. The monoisotopic (exact) mass is 439 g/mol. The molecule has 7 heteroatoms. The number of amides is 1. The molecule has 1 N–H and O–H groups in total. The van der Waals surface area contributed by atoms with Gasteiger partial charge in [0.1, 0.15) is 15.6 Å². The average molecular weight is 440 g/mol. The Kier molecular flexibility index (Phi) is 6.83. The van der Waals surface area contributed by atoms with E-state index in [0.717, 1.165) is 21.9 Å². The van der Waals surface area contributed by atoms with Crippen LogP contribution in [0.25, 0.3) is 0 Å². The average Bonchev–Trinajstić information content (AvgIpc) is 2.56. The highest BCUT2D eigenvalue weighted by atomic mass is 79.9. The Morgan fingerprint density at radius 1 is 1.19 bits per heavy atom. The van der Waals surface area contributed by atoms with Crippen LogP contribution in [0.2, 0.25) is 0 Å². The number of nitrogens with one attached hydrogen (secondary N) is 1. The Balaban J connectivity index is 2.12. The molecule has 1 amide bonds. The second-order valence-corrected chi connectivity index (χ2v) is 9.30. The van der Waals surface area contributed by atoms with Gasteiger partial charge in [-0.2, -0.15) is 0 Å². The van der Waals surface area contributed by atoms with Crippen molar-refractivity contribution in [1.82, 2.24) is 5.32 Å². The third-order valence-corrected chi connectivity index (χ3v) is 5.31. The van der Waals surface area contributed by atoms with E-state index in [0.29, 0.717) is 5.75 Å². The van der Waals surface area contributed by atoms with E-state index < -0.39 is 22.0 Å². The lowest BCUT2D eigenvalue weighted by molar-refractivity contribution is -0.127. The summed E-state index contributed by atoms with van der Waals surface area (Å²) in [5.74, 6) is -0.00318. The molecule has 140 valence electrons. The molecule has 2 aromatic rings. The molecule has 0 spiro atoms. The Morgan fingerprint density at radius 3 is 2.42 bits per heavy atom. The molecule has 0 bridgehead atoms. The van der Waals surface area contributed by atoms with Gasteiger partial charge in [0.15, 0.2) is 6.10 Å². The number of carbonyl (C=O) groups is 1. The first-order valence-corrected chi connectivity index (χ1v) is 11.0. The summed E-state index contributed by atoms with van der Waals surface area (Å²) in [7, 11) is -3.28. The first-order valence-electron chi connectivity index (χ1n) is 8.11. The number of ether oxygens (including phenoxy) is 1. The van der Waals surface area contributed by atoms with E-state index in [1.165, 1.54) is 0 Å². The van der Waals surface area contributed by atoms with Crippen molar-refractivity contribution in [3.05, 3.63) is 64.1 Å². The number of halogens is 1.